The third-order valence-electron chi connectivity index (χ3n) is 2.26. The summed E-state index contributed by atoms with van der Waals surface area (Å²) in [6, 6.07) is 7.90. The van der Waals surface area contributed by atoms with Crippen molar-refractivity contribution < 1.29 is 5.11 Å². The fraction of sp³-hybridized carbons (Fsp3) is 0. The molecular weight excluding hydrogens is 328 g/mol. The Balaban J connectivity index is 2.37. The van der Waals surface area contributed by atoms with E-state index in [1.807, 2.05) is 0 Å². The number of benzene rings is 2. The second-order valence-corrected chi connectivity index (χ2v) is 5.43. The van der Waals surface area contributed by atoms with Crippen molar-refractivity contribution in [3.05, 3.63) is 56.0 Å². The second kappa shape index (κ2) is 6.02. The van der Waals surface area contributed by atoms with Gasteiger partial charge in [-0.05, 0) is 30.3 Å². The van der Waals surface area contributed by atoms with Gasteiger partial charge in [0.05, 0.1) is 10.7 Å². The molecule has 2 aromatic carbocycles. The number of hydrogen-bond donors (Lipinski definition) is 1. The minimum absolute atomic E-state index is 0.0806. The van der Waals surface area contributed by atoms with Crippen molar-refractivity contribution in [2.45, 2.75) is 0 Å². The van der Waals surface area contributed by atoms with E-state index in [0.717, 1.165) is 0 Å². The van der Waals surface area contributed by atoms with E-state index in [1.165, 1.54) is 12.3 Å². The first-order chi connectivity index (χ1) is 8.95. The minimum atomic E-state index is -0.0806. The molecule has 0 bridgehead atoms. The molecule has 0 spiro atoms. The van der Waals surface area contributed by atoms with Crippen molar-refractivity contribution in [2.24, 2.45) is 4.99 Å². The van der Waals surface area contributed by atoms with E-state index in [2.05, 4.69) is 4.99 Å². The largest absolute Gasteiger partial charge is 0.506 e. The molecule has 0 amide bonds. The van der Waals surface area contributed by atoms with Gasteiger partial charge in [0.25, 0.3) is 0 Å². The molecule has 0 aromatic heterocycles. The summed E-state index contributed by atoms with van der Waals surface area (Å²) in [7, 11) is 0. The van der Waals surface area contributed by atoms with E-state index in [0.29, 0.717) is 26.3 Å². The summed E-state index contributed by atoms with van der Waals surface area (Å²) < 4.78 is 0. The Morgan fingerprint density at radius 3 is 2.05 bits per heavy atom. The molecule has 0 aliphatic carbocycles. The normalized spacial score (nSPS) is 11.2. The van der Waals surface area contributed by atoms with Crippen LogP contribution < -0.4 is 0 Å². The summed E-state index contributed by atoms with van der Waals surface area (Å²) >= 11 is 23.4. The molecule has 0 saturated carbocycles. The summed E-state index contributed by atoms with van der Waals surface area (Å²) in [5.41, 5.74) is 0.974. The number of rotatable bonds is 2. The van der Waals surface area contributed by atoms with E-state index < -0.39 is 0 Å². The Morgan fingerprint density at radius 2 is 1.42 bits per heavy atom. The van der Waals surface area contributed by atoms with Crippen molar-refractivity contribution in [1.29, 1.82) is 0 Å². The highest BCUT2D eigenvalue weighted by atomic mass is 35.5. The van der Waals surface area contributed by atoms with Crippen LogP contribution in [0.1, 0.15) is 5.56 Å². The monoisotopic (exact) mass is 333 g/mol. The van der Waals surface area contributed by atoms with Gasteiger partial charge in [0, 0.05) is 26.8 Å². The zero-order valence-electron chi connectivity index (χ0n) is 9.37. The van der Waals surface area contributed by atoms with Crippen molar-refractivity contribution in [2.75, 3.05) is 0 Å². The molecule has 0 aliphatic rings. The van der Waals surface area contributed by atoms with E-state index in [-0.39, 0.29) is 10.8 Å². The Morgan fingerprint density at radius 1 is 0.842 bits per heavy atom. The summed E-state index contributed by atoms with van der Waals surface area (Å²) in [6.07, 6.45) is 1.44. The van der Waals surface area contributed by atoms with E-state index in [4.69, 9.17) is 46.4 Å². The molecule has 0 saturated heterocycles. The summed E-state index contributed by atoms with van der Waals surface area (Å²) in [5.74, 6) is -0.0806. The molecule has 2 rings (SSSR count). The molecule has 0 atom stereocenters. The van der Waals surface area contributed by atoms with Gasteiger partial charge < -0.3 is 5.11 Å². The van der Waals surface area contributed by atoms with E-state index in [9.17, 15) is 5.11 Å². The highest BCUT2D eigenvalue weighted by molar-refractivity contribution is 6.36. The number of hydrogen-bond acceptors (Lipinski definition) is 2. The molecule has 19 heavy (non-hydrogen) atoms. The first-order valence-corrected chi connectivity index (χ1v) is 6.65. The van der Waals surface area contributed by atoms with Crippen LogP contribution in [-0.2, 0) is 0 Å². The molecule has 2 nitrogen and oxygen atoms in total. The molecule has 0 fully saturated rings. The smallest absolute Gasteiger partial charge is 0.143 e. The van der Waals surface area contributed by atoms with Crippen LogP contribution in [0.4, 0.5) is 5.69 Å². The molecule has 98 valence electrons. The van der Waals surface area contributed by atoms with Crippen LogP contribution in [0.5, 0.6) is 5.75 Å². The summed E-state index contributed by atoms with van der Waals surface area (Å²) in [6.45, 7) is 0. The number of aromatic hydroxyl groups is 1. The molecule has 0 aliphatic heterocycles. The fourth-order valence-electron chi connectivity index (χ4n) is 1.44. The first kappa shape index (κ1) is 14.5. The van der Waals surface area contributed by atoms with Crippen LogP contribution in [0.15, 0.2) is 35.3 Å². The lowest BCUT2D eigenvalue weighted by Gasteiger charge is -2.02. The van der Waals surface area contributed by atoms with Gasteiger partial charge in [-0.1, -0.05) is 46.4 Å². The van der Waals surface area contributed by atoms with Gasteiger partial charge in [0.15, 0.2) is 0 Å². The number of aliphatic imine (C=N–C) groups is 1. The van der Waals surface area contributed by atoms with Gasteiger partial charge in [-0.15, -0.1) is 0 Å². The number of phenolic OH excluding ortho intramolecular Hbond substituents is 1. The van der Waals surface area contributed by atoms with Crippen LogP contribution in [-0.4, -0.2) is 11.3 Å². The van der Waals surface area contributed by atoms with Crippen molar-refractivity contribution >= 4 is 58.3 Å². The standard InChI is InChI=1S/C13H7Cl4NO/c14-8-1-7(13(19)12(17)5-8)6-18-11-3-9(15)2-10(16)4-11/h1-6,19H. The number of nitrogens with zero attached hydrogens (tertiary/aromatic N) is 1. The van der Waals surface area contributed by atoms with Crippen LogP contribution in [0.3, 0.4) is 0 Å². The summed E-state index contributed by atoms with van der Waals surface area (Å²) in [5, 5.41) is 11.3. The van der Waals surface area contributed by atoms with Gasteiger partial charge in [0.1, 0.15) is 5.75 Å². The SMILES string of the molecule is Oc1c(Cl)cc(Cl)cc1C=Nc1cc(Cl)cc(Cl)c1. The third kappa shape index (κ3) is 3.77. The van der Waals surface area contributed by atoms with E-state index >= 15 is 0 Å². The maximum Gasteiger partial charge on any atom is 0.143 e. The van der Waals surface area contributed by atoms with Crippen molar-refractivity contribution in [3.8, 4) is 5.75 Å². The lowest BCUT2D eigenvalue weighted by Crippen LogP contribution is -1.84. The maximum atomic E-state index is 9.78. The average Bonchev–Trinajstić information content (AvgIpc) is 2.30. The molecule has 0 radical (unpaired) electrons. The Hall–Kier alpha value is -0.930. The topological polar surface area (TPSA) is 32.6 Å². The molecular formula is C13H7Cl4NO. The Labute approximate surface area is 130 Å². The van der Waals surface area contributed by atoms with E-state index in [1.54, 1.807) is 24.3 Å². The lowest BCUT2D eigenvalue weighted by atomic mass is 10.2. The van der Waals surface area contributed by atoms with Gasteiger partial charge in [-0.3, -0.25) is 4.99 Å². The van der Waals surface area contributed by atoms with Gasteiger partial charge >= 0.3 is 0 Å². The molecule has 2 aromatic rings. The highest BCUT2D eigenvalue weighted by Gasteiger charge is 2.06. The quantitative estimate of drug-likeness (QED) is 0.696. The zero-order chi connectivity index (χ0) is 14.0. The zero-order valence-corrected chi connectivity index (χ0v) is 12.4. The third-order valence-corrected chi connectivity index (χ3v) is 3.20. The lowest BCUT2D eigenvalue weighted by molar-refractivity contribution is 0.475. The van der Waals surface area contributed by atoms with Gasteiger partial charge in [-0.2, -0.15) is 0 Å². The van der Waals surface area contributed by atoms with Gasteiger partial charge in [-0.25, -0.2) is 0 Å². The van der Waals surface area contributed by atoms with Crippen molar-refractivity contribution in [3.63, 3.8) is 0 Å². The van der Waals surface area contributed by atoms with Crippen LogP contribution in [0.2, 0.25) is 20.1 Å². The highest BCUT2D eigenvalue weighted by Crippen LogP contribution is 2.31. The predicted molar refractivity (Wildman–Crippen MR) is 81.8 cm³/mol. The van der Waals surface area contributed by atoms with Crippen molar-refractivity contribution in [1.82, 2.24) is 0 Å². The molecule has 1 N–H and O–H groups in total. The number of phenols is 1. The molecule has 6 heteroatoms. The average molecular weight is 335 g/mol. The molecule has 0 heterocycles. The predicted octanol–water partition coefficient (Wildman–Crippen LogP) is 5.76. The van der Waals surface area contributed by atoms with Crippen LogP contribution >= 0.6 is 46.4 Å². The van der Waals surface area contributed by atoms with Crippen LogP contribution in [0.25, 0.3) is 0 Å². The Bertz CT molecular complexity index is 635. The van der Waals surface area contributed by atoms with Gasteiger partial charge in [0.2, 0.25) is 0 Å². The number of halogens is 4. The fourth-order valence-corrected chi connectivity index (χ4v) is 2.47. The minimum Gasteiger partial charge on any atom is -0.506 e. The first-order valence-electron chi connectivity index (χ1n) is 5.14. The maximum absolute atomic E-state index is 9.78. The second-order valence-electron chi connectivity index (χ2n) is 3.71. The van der Waals surface area contributed by atoms with Crippen LogP contribution in [0, 0.1) is 0 Å². The molecule has 0 unspecified atom stereocenters. The summed E-state index contributed by atoms with van der Waals surface area (Å²) in [4.78, 5) is 4.17. The Kier molecular flexibility index (Phi) is 4.58.